The summed E-state index contributed by atoms with van der Waals surface area (Å²) in [6.07, 6.45) is 0. The third-order valence-electron chi connectivity index (χ3n) is 3.95. The predicted molar refractivity (Wildman–Crippen MR) is 95.8 cm³/mol. The third kappa shape index (κ3) is 3.61. The van der Waals surface area contributed by atoms with Crippen molar-refractivity contribution in [1.82, 2.24) is 0 Å². The number of esters is 1. The lowest BCUT2D eigenvalue weighted by molar-refractivity contribution is -0.384. The number of hydrogen-bond acceptors (Lipinski definition) is 7. The number of nitro groups is 1. The molecule has 0 fully saturated rings. The lowest BCUT2D eigenvalue weighted by atomic mass is 10.1. The van der Waals surface area contributed by atoms with Gasteiger partial charge in [-0.1, -0.05) is 0 Å². The molecule has 0 bridgehead atoms. The smallest absolute Gasteiger partial charge is 0.329 e. The number of carbonyl (C=O) groups is 2. The topological polar surface area (TPSA) is 111 Å². The van der Waals surface area contributed by atoms with E-state index in [9.17, 15) is 19.7 Å². The van der Waals surface area contributed by atoms with E-state index in [1.807, 2.05) is 0 Å². The Hall–Kier alpha value is -3.75. The fourth-order valence-electron chi connectivity index (χ4n) is 2.56. The van der Waals surface area contributed by atoms with E-state index in [1.54, 1.807) is 31.2 Å². The van der Waals surface area contributed by atoms with Crippen molar-refractivity contribution in [2.24, 2.45) is 11.0 Å². The van der Waals surface area contributed by atoms with Crippen LogP contribution in [0.2, 0.25) is 0 Å². The van der Waals surface area contributed by atoms with Crippen LogP contribution in [-0.2, 0) is 9.59 Å². The summed E-state index contributed by atoms with van der Waals surface area (Å²) < 4.78 is 10.3. The second-order valence-corrected chi connectivity index (χ2v) is 5.69. The molecule has 0 N–H and O–H groups in total. The Labute approximate surface area is 154 Å². The number of benzene rings is 2. The zero-order valence-electron chi connectivity index (χ0n) is 14.5. The third-order valence-corrected chi connectivity index (χ3v) is 3.95. The molecular weight excluding hydrogens is 354 g/mol. The van der Waals surface area contributed by atoms with E-state index in [4.69, 9.17) is 9.47 Å². The van der Waals surface area contributed by atoms with Gasteiger partial charge in [0, 0.05) is 12.1 Å². The van der Waals surface area contributed by atoms with Crippen molar-refractivity contribution in [3.05, 3.63) is 58.6 Å². The number of nitrogens with zero attached hydrogens (tertiary/aromatic N) is 3. The summed E-state index contributed by atoms with van der Waals surface area (Å²) in [5.41, 5.74) is 0.656. The van der Waals surface area contributed by atoms with Gasteiger partial charge in [0.05, 0.1) is 23.4 Å². The molecule has 1 unspecified atom stereocenters. The van der Waals surface area contributed by atoms with Crippen LogP contribution in [0.3, 0.4) is 0 Å². The number of ether oxygens (including phenoxy) is 2. The number of carbonyl (C=O) groups excluding carboxylic acids is 2. The molecule has 0 saturated carbocycles. The minimum atomic E-state index is -1.18. The normalized spacial score (nSPS) is 16.1. The van der Waals surface area contributed by atoms with Crippen molar-refractivity contribution in [1.29, 1.82) is 0 Å². The van der Waals surface area contributed by atoms with Gasteiger partial charge in [0.25, 0.3) is 11.6 Å². The Morgan fingerprint density at radius 3 is 2.26 bits per heavy atom. The highest BCUT2D eigenvalue weighted by molar-refractivity contribution is 6.25. The number of non-ortho nitro benzene ring substituents is 1. The van der Waals surface area contributed by atoms with Crippen molar-refractivity contribution in [2.45, 2.75) is 6.92 Å². The van der Waals surface area contributed by atoms with E-state index in [1.165, 1.54) is 31.4 Å². The van der Waals surface area contributed by atoms with Gasteiger partial charge in [-0.15, -0.1) is 0 Å². The second-order valence-electron chi connectivity index (χ2n) is 5.69. The molecule has 0 saturated heterocycles. The van der Waals surface area contributed by atoms with Crippen LogP contribution < -0.4 is 14.5 Å². The van der Waals surface area contributed by atoms with Gasteiger partial charge in [0.1, 0.15) is 11.5 Å². The Bertz CT molecular complexity index is 921. The molecule has 2 aromatic rings. The molecule has 9 nitrogen and oxygen atoms in total. The minimum absolute atomic E-state index is 0.106. The first kappa shape index (κ1) is 18.1. The van der Waals surface area contributed by atoms with Gasteiger partial charge in [-0.05, 0) is 43.3 Å². The van der Waals surface area contributed by atoms with Gasteiger partial charge in [-0.2, -0.15) is 10.1 Å². The Morgan fingerprint density at radius 2 is 1.70 bits per heavy atom. The molecule has 0 aliphatic carbocycles. The van der Waals surface area contributed by atoms with Gasteiger partial charge < -0.3 is 9.47 Å². The second kappa shape index (κ2) is 7.24. The lowest BCUT2D eigenvalue weighted by Gasteiger charge is -2.14. The minimum Gasteiger partial charge on any atom is -0.497 e. The van der Waals surface area contributed by atoms with E-state index in [0.717, 1.165) is 5.01 Å². The van der Waals surface area contributed by atoms with Crippen LogP contribution in [0.25, 0.3) is 0 Å². The zero-order valence-corrected chi connectivity index (χ0v) is 14.5. The molecular formula is C18H15N3O6. The number of hydrazone groups is 1. The summed E-state index contributed by atoms with van der Waals surface area (Å²) >= 11 is 0. The van der Waals surface area contributed by atoms with Crippen LogP contribution in [0.15, 0.2) is 53.6 Å². The van der Waals surface area contributed by atoms with E-state index < -0.39 is 22.7 Å². The van der Waals surface area contributed by atoms with Gasteiger partial charge in [-0.25, -0.2) is 0 Å². The zero-order chi connectivity index (χ0) is 19.6. The average molecular weight is 369 g/mol. The Balaban J connectivity index is 1.74. The van der Waals surface area contributed by atoms with Crippen LogP contribution in [0, 0.1) is 16.0 Å². The van der Waals surface area contributed by atoms with Crippen molar-refractivity contribution in [3.8, 4) is 11.5 Å². The van der Waals surface area contributed by atoms with Crippen molar-refractivity contribution < 1.29 is 24.0 Å². The van der Waals surface area contributed by atoms with Gasteiger partial charge >= 0.3 is 5.97 Å². The summed E-state index contributed by atoms with van der Waals surface area (Å²) in [4.78, 5) is 35.2. The first-order valence-corrected chi connectivity index (χ1v) is 7.90. The summed E-state index contributed by atoms with van der Waals surface area (Å²) in [5.74, 6) is -1.78. The fourth-order valence-corrected chi connectivity index (χ4v) is 2.56. The summed E-state index contributed by atoms with van der Waals surface area (Å²) in [6, 6.07) is 11.7. The standard InChI is InChI=1S/C18H15N3O6/c1-11-16(18(23)27-15-9-5-13(6-10-15)21(24)25)17(22)20(19-11)12-3-7-14(26-2)8-4-12/h3-10,16H,1-2H3. The fraction of sp³-hybridized carbons (Fsp3) is 0.167. The first-order chi connectivity index (χ1) is 12.9. The number of rotatable bonds is 5. The van der Waals surface area contributed by atoms with Crippen molar-refractivity contribution in [3.63, 3.8) is 0 Å². The maximum atomic E-state index is 12.6. The van der Waals surface area contributed by atoms with E-state index >= 15 is 0 Å². The van der Waals surface area contributed by atoms with Gasteiger partial charge in [-0.3, -0.25) is 19.7 Å². The van der Waals surface area contributed by atoms with E-state index in [0.29, 0.717) is 17.1 Å². The first-order valence-electron chi connectivity index (χ1n) is 7.90. The molecule has 0 spiro atoms. The number of amides is 1. The Morgan fingerprint density at radius 1 is 1.11 bits per heavy atom. The van der Waals surface area contributed by atoms with Crippen molar-refractivity contribution in [2.75, 3.05) is 12.1 Å². The van der Waals surface area contributed by atoms with Crippen LogP contribution in [0.1, 0.15) is 6.92 Å². The monoisotopic (exact) mass is 369 g/mol. The molecule has 1 heterocycles. The molecule has 0 radical (unpaired) electrons. The molecule has 9 heteroatoms. The maximum absolute atomic E-state index is 12.6. The number of methoxy groups -OCH3 is 1. The number of hydrogen-bond donors (Lipinski definition) is 0. The summed E-state index contributed by atoms with van der Waals surface area (Å²) in [6.45, 7) is 1.56. The molecule has 1 amide bonds. The van der Waals surface area contributed by atoms with Crippen molar-refractivity contribution >= 4 is 29.0 Å². The molecule has 3 rings (SSSR count). The molecule has 2 aromatic carbocycles. The highest BCUT2D eigenvalue weighted by Crippen LogP contribution is 2.27. The van der Waals surface area contributed by atoms with Gasteiger partial charge in [0.15, 0.2) is 5.92 Å². The largest absolute Gasteiger partial charge is 0.497 e. The van der Waals surface area contributed by atoms with Crippen LogP contribution >= 0.6 is 0 Å². The SMILES string of the molecule is COc1ccc(N2N=C(C)C(C(=O)Oc3ccc([N+](=O)[O-])cc3)C2=O)cc1. The van der Waals surface area contributed by atoms with E-state index in [2.05, 4.69) is 5.10 Å². The lowest BCUT2D eigenvalue weighted by Crippen LogP contribution is -2.35. The highest BCUT2D eigenvalue weighted by atomic mass is 16.6. The van der Waals surface area contributed by atoms with Gasteiger partial charge in [0.2, 0.25) is 0 Å². The summed E-state index contributed by atoms with van der Waals surface area (Å²) in [7, 11) is 1.53. The molecule has 27 heavy (non-hydrogen) atoms. The Kier molecular flexibility index (Phi) is 4.84. The molecule has 0 aromatic heterocycles. The molecule has 138 valence electrons. The molecule has 1 aliphatic heterocycles. The number of anilines is 1. The quantitative estimate of drug-likeness (QED) is 0.263. The van der Waals surface area contributed by atoms with E-state index in [-0.39, 0.29) is 11.4 Å². The van der Waals surface area contributed by atoms with Crippen LogP contribution in [0.5, 0.6) is 11.5 Å². The molecule has 1 atom stereocenters. The maximum Gasteiger partial charge on any atom is 0.329 e. The molecule has 1 aliphatic rings. The average Bonchev–Trinajstić information content (AvgIpc) is 2.96. The predicted octanol–water partition coefficient (Wildman–Crippen LogP) is 2.55. The summed E-state index contributed by atoms with van der Waals surface area (Å²) in [5, 5.41) is 15.9. The van der Waals surface area contributed by atoms with Crippen LogP contribution in [0.4, 0.5) is 11.4 Å². The number of nitro benzene ring substituents is 1. The van der Waals surface area contributed by atoms with Crippen LogP contribution in [-0.4, -0.2) is 29.6 Å². The highest BCUT2D eigenvalue weighted by Gasteiger charge is 2.41.